The summed E-state index contributed by atoms with van der Waals surface area (Å²) >= 11 is 16.3. The van der Waals surface area contributed by atoms with Crippen molar-refractivity contribution >= 4 is 47.4 Å². The molecule has 1 aromatic carbocycles. The molecule has 0 aromatic heterocycles. The zero-order valence-electron chi connectivity index (χ0n) is 9.11. The van der Waals surface area contributed by atoms with Crippen LogP contribution >= 0.6 is 35.8 Å². The average Bonchev–Trinajstić information content (AvgIpc) is 2.58. The molecule has 6 heteroatoms. The Kier molecular flexibility index (Phi) is 3.76. The van der Waals surface area contributed by atoms with Crippen molar-refractivity contribution in [2.45, 2.75) is 11.7 Å². The second kappa shape index (κ2) is 4.96. The maximum Gasteiger partial charge on any atom is 0.228 e. The molecule has 0 saturated carbocycles. The molecular formula is C11H11Cl2NO2S. The van der Waals surface area contributed by atoms with E-state index in [4.69, 9.17) is 27.9 Å². The van der Waals surface area contributed by atoms with Gasteiger partial charge in [-0.3, -0.25) is 4.79 Å². The summed E-state index contributed by atoms with van der Waals surface area (Å²) in [4.78, 5) is 13.4. The molecule has 0 N–H and O–H groups in total. The number of hydrogen-bond acceptors (Lipinski definition) is 3. The first-order chi connectivity index (χ1) is 8.02. The van der Waals surface area contributed by atoms with Crippen LogP contribution in [0.15, 0.2) is 12.1 Å². The minimum atomic E-state index is 0.0104. The van der Waals surface area contributed by atoms with Crippen LogP contribution in [-0.4, -0.2) is 24.8 Å². The van der Waals surface area contributed by atoms with Gasteiger partial charge in [-0.05, 0) is 6.07 Å². The molecule has 1 atom stereocenters. The van der Waals surface area contributed by atoms with Gasteiger partial charge in [0.25, 0.3) is 0 Å². The SMILES string of the molecule is COc1cc(N2CC(S)CC2=O)c(Cl)cc1Cl. The van der Waals surface area contributed by atoms with Crippen LogP contribution in [0, 0.1) is 0 Å². The van der Waals surface area contributed by atoms with E-state index in [2.05, 4.69) is 12.6 Å². The zero-order chi connectivity index (χ0) is 12.6. The van der Waals surface area contributed by atoms with E-state index >= 15 is 0 Å². The Morgan fingerprint density at radius 3 is 2.65 bits per heavy atom. The topological polar surface area (TPSA) is 29.5 Å². The molecule has 1 aliphatic rings. The molecule has 1 aromatic rings. The zero-order valence-corrected chi connectivity index (χ0v) is 11.5. The molecule has 0 aliphatic carbocycles. The lowest BCUT2D eigenvalue weighted by molar-refractivity contribution is -0.117. The number of anilines is 1. The van der Waals surface area contributed by atoms with Crippen LogP contribution in [0.3, 0.4) is 0 Å². The smallest absolute Gasteiger partial charge is 0.228 e. The van der Waals surface area contributed by atoms with E-state index < -0.39 is 0 Å². The summed E-state index contributed by atoms with van der Waals surface area (Å²) < 4.78 is 5.11. The largest absolute Gasteiger partial charge is 0.495 e. The maximum atomic E-state index is 11.8. The lowest BCUT2D eigenvalue weighted by Gasteiger charge is -2.19. The molecule has 1 fully saturated rings. The number of nitrogens with zero attached hydrogens (tertiary/aromatic N) is 1. The van der Waals surface area contributed by atoms with Crippen molar-refractivity contribution in [1.82, 2.24) is 0 Å². The Hall–Kier alpha value is -0.580. The predicted octanol–water partition coefficient (Wildman–Crippen LogP) is 3.04. The summed E-state index contributed by atoms with van der Waals surface area (Å²) in [5, 5.41) is 0.905. The first-order valence-electron chi connectivity index (χ1n) is 5.04. The molecule has 0 bridgehead atoms. The minimum Gasteiger partial charge on any atom is -0.495 e. The number of amides is 1. The van der Waals surface area contributed by atoms with Crippen molar-refractivity contribution in [3.63, 3.8) is 0 Å². The third-order valence-corrected chi connectivity index (χ3v) is 3.56. The fourth-order valence-corrected chi connectivity index (χ4v) is 2.69. The van der Waals surface area contributed by atoms with E-state index in [0.29, 0.717) is 34.4 Å². The van der Waals surface area contributed by atoms with Crippen LogP contribution < -0.4 is 9.64 Å². The van der Waals surface area contributed by atoms with Gasteiger partial charge >= 0.3 is 0 Å². The molecule has 1 aliphatic heterocycles. The van der Waals surface area contributed by atoms with Crippen molar-refractivity contribution < 1.29 is 9.53 Å². The standard InChI is InChI=1S/C11H11Cl2NO2S/c1-16-10-4-9(7(12)3-8(10)13)14-5-6(17)2-11(14)15/h3-4,6,17H,2,5H2,1H3. The predicted molar refractivity (Wildman–Crippen MR) is 72.8 cm³/mol. The second-order valence-electron chi connectivity index (χ2n) is 3.80. The van der Waals surface area contributed by atoms with E-state index in [9.17, 15) is 4.79 Å². The van der Waals surface area contributed by atoms with Gasteiger partial charge in [0.2, 0.25) is 5.91 Å². The molecule has 0 radical (unpaired) electrons. The number of carbonyl (C=O) groups is 1. The number of hydrogen-bond donors (Lipinski definition) is 1. The van der Waals surface area contributed by atoms with E-state index in [-0.39, 0.29) is 11.2 Å². The van der Waals surface area contributed by atoms with Crippen LogP contribution in [0.2, 0.25) is 10.0 Å². The van der Waals surface area contributed by atoms with E-state index in [1.54, 1.807) is 17.0 Å². The van der Waals surface area contributed by atoms with Crippen molar-refractivity contribution in [3.8, 4) is 5.75 Å². The highest BCUT2D eigenvalue weighted by Gasteiger charge is 2.30. The molecule has 92 valence electrons. The summed E-state index contributed by atoms with van der Waals surface area (Å²) in [6.07, 6.45) is 0.421. The normalized spacial score (nSPS) is 19.9. The Morgan fingerprint density at radius 2 is 2.12 bits per heavy atom. The lowest BCUT2D eigenvalue weighted by atomic mass is 10.2. The first kappa shape index (κ1) is 12.9. The molecular weight excluding hydrogens is 281 g/mol. The van der Waals surface area contributed by atoms with E-state index in [0.717, 1.165) is 0 Å². The molecule has 17 heavy (non-hydrogen) atoms. The van der Waals surface area contributed by atoms with Gasteiger partial charge in [-0.1, -0.05) is 23.2 Å². The van der Waals surface area contributed by atoms with Crippen LogP contribution in [0.4, 0.5) is 5.69 Å². The number of methoxy groups -OCH3 is 1. The van der Waals surface area contributed by atoms with Gasteiger partial charge in [0, 0.05) is 24.3 Å². The van der Waals surface area contributed by atoms with Crippen molar-refractivity contribution in [2.75, 3.05) is 18.6 Å². The van der Waals surface area contributed by atoms with Crippen molar-refractivity contribution in [3.05, 3.63) is 22.2 Å². The monoisotopic (exact) mass is 291 g/mol. The number of halogens is 2. The van der Waals surface area contributed by atoms with Gasteiger partial charge in [-0.25, -0.2) is 0 Å². The number of ether oxygens (including phenoxy) is 1. The third kappa shape index (κ3) is 2.49. The van der Waals surface area contributed by atoms with Crippen LogP contribution in [0.1, 0.15) is 6.42 Å². The summed E-state index contributed by atoms with van der Waals surface area (Å²) in [7, 11) is 1.52. The molecule has 0 spiro atoms. The molecule has 1 unspecified atom stereocenters. The summed E-state index contributed by atoms with van der Waals surface area (Å²) in [5.74, 6) is 0.512. The lowest BCUT2D eigenvalue weighted by Crippen LogP contribution is -2.24. The highest BCUT2D eigenvalue weighted by atomic mass is 35.5. The quantitative estimate of drug-likeness (QED) is 0.849. The van der Waals surface area contributed by atoms with Gasteiger partial charge in [0.05, 0.1) is 22.8 Å². The van der Waals surface area contributed by atoms with Crippen molar-refractivity contribution in [1.29, 1.82) is 0 Å². The second-order valence-corrected chi connectivity index (χ2v) is 5.35. The Balaban J connectivity index is 2.41. The van der Waals surface area contributed by atoms with Gasteiger partial charge in [-0.15, -0.1) is 0 Å². The van der Waals surface area contributed by atoms with Crippen LogP contribution in [-0.2, 0) is 4.79 Å². The van der Waals surface area contributed by atoms with Gasteiger partial charge < -0.3 is 9.64 Å². The van der Waals surface area contributed by atoms with Gasteiger partial charge in [0.15, 0.2) is 0 Å². The third-order valence-electron chi connectivity index (χ3n) is 2.62. The fraction of sp³-hybridized carbons (Fsp3) is 0.364. The average molecular weight is 292 g/mol. The maximum absolute atomic E-state index is 11.8. The van der Waals surface area contributed by atoms with E-state index in [1.807, 2.05) is 0 Å². The Morgan fingerprint density at radius 1 is 1.41 bits per heavy atom. The first-order valence-corrected chi connectivity index (χ1v) is 6.31. The number of rotatable bonds is 2. The number of carbonyl (C=O) groups excluding carboxylic acids is 1. The van der Waals surface area contributed by atoms with Gasteiger partial charge in [0.1, 0.15) is 5.75 Å². The summed E-state index contributed by atoms with van der Waals surface area (Å²) in [5.41, 5.74) is 0.620. The van der Waals surface area contributed by atoms with Crippen molar-refractivity contribution in [2.24, 2.45) is 0 Å². The molecule has 1 heterocycles. The summed E-state index contributed by atoms with van der Waals surface area (Å²) in [6, 6.07) is 3.25. The van der Waals surface area contributed by atoms with Crippen LogP contribution in [0.5, 0.6) is 5.75 Å². The molecule has 2 rings (SSSR count). The molecule has 3 nitrogen and oxygen atoms in total. The number of benzene rings is 1. The van der Waals surface area contributed by atoms with Gasteiger partial charge in [-0.2, -0.15) is 12.6 Å². The van der Waals surface area contributed by atoms with Crippen LogP contribution in [0.25, 0.3) is 0 Å². The fourth-order valence-electron chi connectivity index (χ4n) is 1.80. The Bertz CT molecular complexity index is 467. The highest BCUT2D eigenvalue weighted by Crippen LogP contribution is 2.38. The Labute approximate surface area is 115 Å². The minimum absolute atomic E-state index is 0.0104. The number of thiol groups is 1. The molecule has 1 saturated heterocycles. The summed E-state index contributed by atoms with van der Waals surface area (Å²) in [6.45, 7) is 0.548. The molecule has 1 amide bonds. The van der Waals surface area contributed by atoms with E-state index in [1.165, 1.54) is 7.11 Å². The highest BCUT2D eigenvalue weighted by molar-refractivity contribution is 7.81.